The van der Waals surface area contributed by atoms with Crippen LogP contribution in [0.2, 0.25) is 0 Å². The summed E-state index contributed by atoms with van der Waals surface area (Å²) in [5.41, 5.74) is 0. The molecule has 70 valence electrons. The number of thioether (sulfide) groups is 1. The van der Waals surface area contributed by atoms with Gasteiger partial charge in [0.2, 0.25) is 5.91 Å². The summed E-state index contributed by atoms with van der Waals surface area (Å²) in [4.78, 5) is 11.9. The molecule has 0 saturated heterocycles. The minimum absolute atomic E-state index is 0.0481. The van der Waals surface area contributed by atoms with Crippen LogP contribution in [0.4, 0.5) is 0 Å². The van der Waals surface area contributed by atoms with Crippen LogP contribution in [0.25, 0.3) is 0 Å². The Balaban J connectivity index is 3.52. The Morgan fingerprint density at radius 3 is 2.67 bits per heavy atom. The van der Waals surface area contributed by atoms with Crippen LogP contribution in [-0.2, 0) is 4.79 Å². The maximum absolute atomic E-state index is 10.5. The summed E-state index contributed by atoms with van der Waals surface area (Å²) in [5, 5.41) is 2.78. The first kappa shape index (κ1) is 11.6. The Hall–Kier alpha value is -0.440. The second kappa shape index (κ2) is 7.22. The maximum Gasteiger partial charge on any atom is 0.216 e. The minimum Gasteiger partial charge on any atom is -0.356 e. The highest BCUT2D eigenvalue weighted by Gasteiger charge is 1.96. The third-order valence-electron chi connectivity index (χ3n) is 1.40. The Bertz CT molecular complexity index is 166. The summed E-state index contributed by atoms with van der Waals surface area (Å²) >= 11 is 1.84. The van der Waals surface area contributed by atoms with Gasteiger partial charge >= 0.3 is 0 Å². The number of nitrogens with one attached hydrogen (secondary N) is 1. The van der Waals surface area contributed by atoms with E-state index in [1.165, 1.54) is 4.91 Å². The summed E-state index contributed by atoms with van der Waals surface area (Å²) in [6.07, 6.45) is 3.06. The van der Waals surface area contributed by atoms with Crippen LogP contribution in [0.15, 0.2) is 11.0 Å². The van der Waals surface area contributed by atoms with Gasteiger partial charge < -0.3 is 5.32 Å². The molecule has 0 fully saturated rings. The first-order valence-electron chi connectivity index (χ1n) is 4.23. The minimum atomic E-state index is 0.0481. The molecule has 2 nitrogen and oxygen atoms in total. The van der Waals surface area contributed by atoms with Crippen molar-refractivity contribution in [2.45, 2.75) is 27.2 Å². The lowest BCUT2D eigenvalue weighted by atomic mass is 10.4. The quantitative estimate of drug-likeness (QED) is 0.714. The topological polar surface area (TPSA) is 29.1 Å². The van der Waals surface area contributed by atoms with E-state index < -0.39 is 0 Å². The predicted molar refractivity (Wildman–Crippen MR) is 55.2 cm³/mol. The zero-order chi connectivity index (χ0) is 9.40. The molecule has 0 unspecified atom stereocenters. The van der Waals surface area contributed by atoms with Crippen LogP contribution >= 0.6 is 11.8 Å². The van der Waals surface area contributed by atoms with E-state index >= 15 is 0 Å². The van der Waals surface area contributed by atoms with Crippen LogP contribution in [-0.4, -0.2) is 18.2 Å². The first-order chi connectivity index (χ1) is 5.70. The highest BCUT2D eigenvalue weighted by Crippen LogP contribution is 2.17. The van der Waals surface area contributed by atoms with E-state index in [9.17, 15) is 4.79 Å². The van der Waals surface area contributed by atoms with Gasteiger partial charge in [0, 0.05) is 13.5 Å². The molecule has 0 radical (unpaired) electrons. The molecule has 0 aliphatic heterocycles. The molecule has 0 aromatic heterocycles. The van der Waals surface area contributed by atoms with E-state index in [1.54, 1.807) is 6.92 Å². The molecule has 0 heterocycles. The van der Waals surface area contributed by atoms with E-state index in [0.29, 0.717) is 0 Å². The lowest BCUT2D eigenvalue weighted by molar-refractivity contribution is -0.118. The summed E-state index contributed by atoms with van der Waals surface area (Å²) in [7, 11) is 0. The van der Waals surface area contributed by atoms with Gasteiger partial charge in [0.15, 0.2) is 0 Å². The largest absolute Gasteiger partial charge is 0.356 e. The van der Waals surface area contributed by atoms with Gasteiger partial charge in [-0.15, -0.1) is 11.8 Å². The molecule has 0 saturated carbocycles. The zero-order valence-electron chi connectivity index (χ0n) is 8.02. The van der Waals surface area contributed by atoms with Gasteiger partial charge in [-0.2, -0.15) is 0 Å². The van der Waals surface area contributed by atoms with Crippen LogP contribution in [0.3, 0.4) is 0 Å². The third kappa shape index (κ3) is 6.28. The lowest BCUT2D eigenvalue weighted by Crippen LogP contribution is -2.20. The monoisotopic (exact) mass is 187 g/mol. The Morgan fingerprint density at radius 1 is 1.58 bits per heavy atom. The number of allylic oxidation sites excluding steroid dienone is 1. The van der Waals surface area contributed by atoms with Gasteiger partial charge in [0.25, 0.3) is 0 Å². The highest BCUT2D eigenvalue weighted by molar-refractivity contribution is 8.03. The molecule has 1 N–H and O–H groups in total. The van der Waals surface area contributed by atoms with Crippen LogP contribution in [0, 0.1) is 0 Å². The molecule has 0 rings (SSSR count). The van der Waals surface area contributed by atoms with Crippen LogP contribution in [0.5, 0.6) is 0 Å². The Morgan fingerprint density at radius 2 is 2.25 bits per heavy atom. The molecular formula is C9H17NOS. The normalized spacial score (nSPS) is 11.4. The van der Waals surface area contributed by atoms with Crippen molar-refractivity contribution in [1.82, 2.24) is 5.32 Å². The average Bonchev–Trinajstić information content (AvgIpc) is 2.02. The van der Waals surface area contributed by atoms with E-state index in [1.807, 2.05) is 18.7 Å². The number of hydrogen-bond donors (Lipinski definition) is 1. The van der Waals surface area contributed by atoms with E-state index in [0.717, 1.165) is 18.7 Å². The fourth-order valence-corrected chi connectivity index (χ4v) is 1.63. The summed E-state index contributed by atoms with van der Waals surface area (Å²) in [6.45, 7) is 6.46. The molecule has 0 aliphatic carbocycles. The van der Waals surface area contributed by atoms with Gasteiger partial charge in [0.1, 0.15) is 0 Å². The number of carbonyl (C=O) groups is 1. The number of amides is 1. The Labute approximate surface area is 78.8 Å². The van der Waals surface area contributed by atoms with E-state index in [-0.39, 0.29) is 5.91 Å². The van der Waals surface area contributed by atoms with Crippen LogP contribution in [0.1, 0.15) is 27.2 Å². The van der Waals surface area contributed by atoms with Crippen molar-refractivity contribution in [2.24, 2.45) is 0 Å². The van der Waals surface area contributed by atoms with Crippen molar-refractivity contribution in [1.29, 1.82) is 0 Å². The van der Waals surface area contributed by atoms with Crippen molar-refractivity contribution in [3.8, 4) is 0 Å². The summed E-state index contributed by atoms with van der Waals surface area (Å²) in [6, 6.07) is 0. The van der Waals surface area contributed by atoms with Gasteiger partial charge in [-0.1, -0.05) is 13.0 Å². The number of rotatable bonds is 5. The molecule has 1 amide bonds. The lowest BCUT2D eigenvalue weighted by Gasteiger charge is -2.04. The van der Waals surface area contributed by atoms with Crippen LogP contribution < -0.4 is 5.32 Å². The molecule has 0 spiro atoms. The number of carbonyl (C=O) groups excluding carboxylic acids is 1. The number of hydrogen-bond acceptors (Lipinski definition) is 2. The van der Waals surface area contributed by atoms with E-state index in [2.05, 4.69) is 18.3 Å². The maximum atomic E-state index is 10.5. The second-order valence-electron chi connectivity index (χ2n) is 2.42. The first-order valence-corrected chi connectivity index (χ1v) is 5.21. The molecule has 0 aromatic carbocycles. The molecule has 3 heteroatoms. The second-order valence-corrected chi connectivity index (χ2v) is 3.81. The van der Waals surface area contributed by atoms with Crippen molar-refractivity contribution in [3.05, 3.63) is 11.0 Å². The average molecular weight is 187 g/mol. The third-order valence-corrected chi connectivity index (χ3v) is 2.50. The SMILES string of the molecule is C/C=C(/CCNC(C)=O)SCC. The van der Waals surface area contributed by atoms with Crippen molar-refractivity contribution < 1.29 is 4.79 Å². The predicted octanol–water partition coefficient (Wildman–Crippen LogP) is 2.17. The molecule has 0 atom stereocenters. The molecular weight excluding hydrogens is 170 g/mol. The summed E-state index contributed by atoms with van der Waals surface area (Å²) in [5.74, 6) is 1.15. The smallest absolute Gasteiger partial charge is 0.216 e. The molecule has 0 aliphatic rings. The van der Waals surface area contributed by atoms with Crippen molar-refractivity contribution in [3.63, 3.8) is 0 Å². The molecule has 0 aromatic rings. The van der Waals surface area contributed by atoms with Gasteiger partial charge in [0.05, 0.1) is 0 Å². The zero-order valence-corrected chi connectivity index (χ0v) is 8.83. The fourth-order valence-electron chi connectivity index (χ4n) is 0.847. The standard InChI is InChI=1S/C9H17NOS/c1-4-9(12-5-2)6-7-10-8(3)11/h4H,5-7H2,1-3H3,(H,10,11)/b9-4-. The fraction of sp³-hybridized carbons (Fsp3) is 0.667. The van der Waals surface area contributed by atoms with Gasteiger partial charge in [-0.25, -0.2) is 0 Å². The van der Waals surface area contributed by atoms with Crippen molar-refractivity contribution >= 4 is 17.7 Å². The highest BCUT2D eigenvalue weighted by atomic mass is 32.2. The molecule has 0 bridgehead atoms. The Kier molecular flexibility index (Phi) is 6.96. The van der Waals surface area contributed by atoms with Gasteiger partial charge in [-0.3, -0.25) is 4.79 Å². The summed E-state index contributed by atoms with van der Waals surface area (Å²) < 4.78 is 0. The van der Waals surface area contributed by atoms with Crippen molar-refractivity contribution in [2.75, 3.05) is 12.3 Å². The van der Waals surface area contributed by atoms with E-state index in [4.69, 9.17) is 0 Å². The molecule has 12 heavy (non-hydrogen) atoms. The van der Waals surface area contributed by atoms with Gasteiger partial charge in [-0.05, 0) is 24.0 Å².